The van der Waals surface area contributed by atoms with Crippen molar-refractivity contribution in [3.8, 4) is 11.5 Å². The van der Waals surface area contributed by atoms with Crippen molar-refractivity contribution in [1.82, 2.24) is 5.32 Å². The number of hydrogen-bond acceptors (Lipinski definition) is 4. The number of halogens is 1. The molecule has 0 bridgehead atoms. The molecule has 0 aliphatic carbocycles. The first-order chi connectivity index (χ1) is 8.74. The molecule has 1 amide bonds. The molecule has 5 nitrogen and oxygen atoms in total. The lowest BCUT2D eigenvalue weighted by Crippen LogP contribution is -2.35. The highest BCUT2D eigenvalue weighted by molar-refractivity contribution is 6.34. The average molecular weight is 269 g/mol. The number of hydrogen-bond donors (Lipinski definition) is 2. The van der Waals surface area contributed by atoms with Gasteiger partial charge < -0.3 is 20.1 Å². The molecule has 2 aliphatic heterocycles. The van der Waals surface area contributed by atoms with Gasteiger partial charge in [-0.05, 0) is 19.4 Å². The number of benzene rings is 1. The minimum atomic E-state index is -0.133. The summed E-state index contributed by atoms with van der Waals surface area (Å²) in [6, 6.07) is 3.21. The number of amides is 1. The van der Waals surface area contributed by atoms with Gasteiger partial charge in [0, 0.05) is 12.1 Å². The van der Waals surface area contributed by atoms with Crippen molar-refractivity contribution in [1.29, 1.82) is 0 Å². The normalized spacial score (nSPS) is 21.1. The molecule has 1 fully saturated rings. The molecular weight excluding hydrogens is 256 g/mol. The molecular formula is C12H13ClN2O3. The van der Waals surface area contributed by atoms with E-state index in [-0.39, 0.29) is 18.7 Å². The molecule has 96 valence electrons. The molecule has 0 aromatic heterocycles. The Hall–Kier alpha value is -1.46. The Labute approximate surface area is 109 Å². The average Bonchev–Trinajstić information content (AvgIpc) is 2.98. The van der Waals surface area contributed by atoms with Crippen LogP contribution >= 0.6 is 11.6 Å². The van der Waals surface area contributed by atoms with Crippen LogP contribution in [0.5, 0.6) is 11.5 Å². The first-order valence-electron chi connectivity index (χ1n) is 5.87. The topological polar surface area (TPSA) is 59.6 Å². The summed E-state index contributed by atoms with van der Waals surface area (Å²) in [5.41, 5.74) is 0.555. The smallest absolute Gasteiger partial charge is 0.241 e. The quantitative estimate of drug-likeness (QED) is 0.858. The molecule has 18 heavy (non-hydrogen) atoms. The zero-order valence-electron chi connectivity index (χ0n) is 9.66. The number of fused-ring (bicyclic) bond motifs is 1. The van der Waals surface area contributed by atoms with E-state index in [4.69, 9.17) is 21.1 Å². The van der Waals surface area contributed by atoms with Gasteiger partial charge in [-0.25, -0.2) is 0 Å². The van der Waals surface area contributed by atoms with Crippen molar-refractivity contribution < 1.29 is 14.3 Å². The Kier molecular flexibility index (Phi) is 3.01. The molecule has 1 aromatic rings. The van der Waals surface area contributed by atoms with Gasteiger partial charge in [0.1, 0.15) is 0 Å². The van der Waals surface area contributed by atoms with Crippen molar-refractivity contribution in [3.05, 3.63) is 17.2 Å². The zero-order valence-corrected chi connectivity index (χ0v) is 10.4. The van der Waals surface area contributed by atoms with Crippen molar-refractivity contribution in [3.63, 3.8) is 0 Å². The van der Waals surface area contributed by atoms with Crippen molar-refractivity contribution in [2.24, 2.45) is 0 Å². The third-order valence-electron chi connectivity index (χ3n) is 3.10. The zero-order chi connectivity index (χ0) is 12.5. The Balaban J connectivity index is 1.78. The molecule has 2 heterocycles. The van der Waals surface area contributed by atoms with E-state index < -0.39 is 0 Å². The maximum absolute atomic E-state index is 12.0. The molecule has 1 atom stereocenters. The molecule has 0 radical (unpaired) electrons. The molecule has 1 saturated heterocycles. The molecule has 2 N–H and O–H groups in total. The molecule has 1 aromatic carbocycles. The van der Waals surface area contributed by atoms with E-state index in [1.807, 2.05) is 0 Å². The molecule has 6 heteroatoms. The van der Waals surface area contributed by atoms with Crippen LogP contribution in [0.3, 0.4) is 0 Å². The van der Waals surface area contributed by atoms with Gasteiger partial charge in [-0.1, -0.05) is 11.6 Å². The summed E-state index contributed by atoms with van der Waals surface area (Å²) in [5.74, 6) is 1.15. The number of carbonyl (C=O) groups is 1. The monoisotopic (exact) mass is 268 g/mol. The summed E-state index contributed by atoms with van der Waals surface area (Å²) < 4.78 is 10.5. The van der Waals surface area contributed by atoms with E-state index in [2.05, 4.69) is 10.6 Å². The summed E-state index contributed by atoms with van der Waals surface area (Å²) in [6.07, 6.45) is 1.88. The summed E-state index contributed by atoms with van der Waals surface area (Å²) in [7, 11) is 0. The van der Waals surface area contributed by atoms with Crippen LogP contribution in [0.15, 0.2) is 12.1 Å². The van der Waals surface area contributed by atoms with Gasteiger partial charge in [0.05, 0.1) is 16.8 Å². The molecule has 2 aliphatic rings. The fourth-order valence-electron chi connectivity index (χ4n) is 2.14. The van der Waals surface area contributed by atoms with Gasteiger partial charge in [0.15, 0.2) is 11.5 Å². The highest BCUT2D eigenvalue weighted by Crippen LogP contribution is 2.39. The third-order valence-corrected chi connectivity index (χ3v) is 3.41. The lowest BCUT2D eigenvalue weighted by molar-refractivity contribution is -0.117. The Morgan fingerprint density at radius 2 is 2.17 bits per heavy atom. The van der Waals surface area contributed by atoms with Crippen LogP contribution in [0.4, 0.5) is 5.69 Å². The van der Waals surface area contributed by atoms with Crippen LogP contribution in [0.1, 0.15) is 12.8 Å². The third kappa shape index (κ3) is 2.11. The minimum absolute atomic E-state index is 0.0618. The van der Waals surface area contributed by atoms with E-state index in [0.29, 0.717) is 22.2 Å². The summed E-state index contributed by atoms with van der Waals surface area (Å²) in [5, 5.41) is 6.40. The number of carbonyl (C=O) groups excluding carboxylic acids is 1. The second-order valence-electron chi connectivity index (χ2n) is 4.32. The highest BCUT2D eigenvalue weighted by Gasteiger charge is 2.24. The van der Waals surface area contributed by atoms with E-state index >= 15 is 0 Å². The van der Waals surface area contributed by atoms with Crippen LogP contribution in [-0.4, -0.2) is 25.3 Å². The standard InChI is InChI=1S/C12H13ClN2O3/c13-7-4-10-11(18-6-17-10)5-9(7)15-12(16)8-2-1-3-14-8/h4-5,8,14H,1-3,6H2,(H,15,16)/t8-/m0/s1. The molecule has 0 unspecified atom stereocenters. The maximum Gasteiger partial charge on any atom is 0.241 e. The first kappa shape index (κ1) is 11.6. The van der Waals surface area contributed by atoms with Crippen LogP contribution < -0.4 is 20.1 Å². The lowest BCUT2D eigenvalue weighted by atomic mass is 10.2. The highest BCUT2D eigenvalue weighted by atomic mass is 35.5. The van der Waals surface area contributed by atoms with E-state index in [9.17, 15) is 4.79 Å². The number of rotatable bonds is 2. The summed E-state index contributed by atoms with van der Waals surface area (Å²) in [4.78, 5) is 12.0. The van der Waals surface area contributed by atoms with Crippen molar-refractivity contribution >= 4 is 23.2 Å². The Morgan fingerprint density at radius 1 is 1.39 bits per heavy atom. The predicted molar refractivity (Wildman–Crippen MR) is 67.2 cm³/mol. The predicted octanol–water partition coefficient (Wildman–Crippen LogP) is 1.76. The van der Waals surface area contributed by atoms with Gasteiger partial charge in [0.25, 0.3) is 0 Å². The van der Waals surface area contributed by atoms with E-state index in [1.165, 1.54) is 0 Å². The largest absolute Gasteiger partial charge is 0.454 e. The van der Waals surface area contributed by atoms with Crippen molar-refractivity contribution in [2.75, 3.05) is 18.7 Å². The van der Waals surface area contributed by atoms with Crippen LogP contribution in [0.25, 0.3) is 0 Å². The van der Waals surface area contributed by atoms with Gasteiger partial charge in [-0.2, -0.15) is 0 Å². The van der Waals surface area contributed by atoms with Gasteiger partial charge >= 0.3 is 0 Å². The Bertz CT molecular complexity index is 486. The number of nitrogens with one attached hydrogen (secondary N) is 2. The minimum Gasteiger partial charge on any atom is -0.454 e. The van der Waals surface area contributed by atoms with E-state index in [0.717, 1.165) is 19.4 Å². The number of anilines is 1. The van der Waals surface area contributed by atoms with E-state index in [1.54, 1.807) is 12.1 Å². The lowest BCUT2D eigenvalue weighted by Gasteiger charge is -2.12. The van der Waals surface area contributed by atoms with Gasteiger partial charge in [0.2, 0.25) is 12.7 Å². The molecule has 3 rings (SSSR count). The summed E-state index contributed by atoms with van der Waals surface area (Å²) >= 11 is 6.09. The second-order valence-corrected chi connectivity index (χ2v) is 4.73. The van der Waals surface area contributed by atoms with Gasteiger partial charge in [-0.3, -0.25) is 4.79 Å². The fourth-order valence-corrected chi connectivity index (χ4v) is 2.34. The SMILES string of the molecule is O=C(Nc1cc2c(cc1Cl)OCO2)[C@@H]1CCCN1. The first-order valence-corrected chi connectivity index (χ1v) is 6.25. The fraction of sp³-hybridized carbons (Fsp3) is 0.417. The van der Waals surface area contributed by atoms with Crippen LogP contribution in [0, 0.1) is 0 Å². The molecule has 0 spiro atoms. The van der Waals surface area contributed by atoms with Gasteiger partial charge in [-0.15, -0.1) is 0 Å². The summed E-state index contributed by atoms with van der Waals surface area (Å²) in [6.45, 7) is 1.07. The van der Waals surface area contributed by atoms with Crippen molar-refractivity contribution in [2.45, 2.75) is 18.9 Å². The van der Waals surface area contributed by atoms with Crippen LogP contribution in [0.2, 0.25) is 5.02 Å². The number of ether oxygens (including phenoxy) is 2. The second kappa shape index (κ2) is 4.66. The maximum atomic E-state index is 12.0. The van der Waals surface area contributed by atoms with Crippen LogP contribution in [-0.2, 0) is 4.79 Å². The molecule has 0 saturated carbocycles. The Morgan fingerprint density at radius 3 is 2.89 bits per heavy atom.